The van der Waals surface area contributed by atoms with Crippen LogP contribution in [0.25, 0.3) is 21.5 Å². The number of hydrogen-bond acceptors (Lipinski definition) is 8. The number of nitrogens with zero attached hydrogens (tertiary/aromatic N) is 3. The SMILES string of the molecule is COC(=O)C(NC(=O)c1cccn(Cc2ccc(F)c(F)c2)c1=O)c1ccc(-c2cn(S(=O)(=O)c3ccccc3)c3ncccc23)s1. The molecule has 6 rings (SSSR count). The van der Waals surface area contributed by atoms with Crippen LogP contribution in [0.4, 0.5) is 8.78 Å². The number of esters is 1. The molecule has 10 nitrogen and oxygen atoms in total. The van der Waals surface area contributed by atoms with Gasteiger partial charge in [0.05, 0.1) is 18.6 Å². The summed E-state index contributed by atoms with van der Waals surface area (Å²) in [7, 11) is -2.84. The third kappa shape index (κ3) is 6.07. The van der Waals surface area contributed by atoms with Gasteiger partial charge in [-0.15, -0.1) is 11.3 Å². The van der Waals surface area contributed by atoms with Gasteiger partial charge in [0.25, 0.3) is 21.5 Å². The van der Waals surface area contributed by atoms with Gasteiger partial charge in [0.1, 0.15) is 5.56 Å². The van der Waals surface area contributed by atoms with Crippen LogP contribution in [-0.2, 0) is 26.1 Å². The summed E-state index contributed by atoms with van der Waals surface area (Å²) in [6.07, 6.45) is 4.34. The molecule has 4 heterocycles. The van der Waals surface area contributed by atoms with E-state index in [4.69, 9.17) is 4.74 Å². The van der Waals surface area contributed by atoms with E-state index in [1.54, 1.807) is 42.5 Å². The third-order valence-corrected chi connectivity index (χ3v) is 10.2. The number of benzene rings is 2. The summed E-state index contributed by atoms with van der Waals surface area (Å²) in [5, 5.41) is 3.11. The quantitative estimate of drug-likeness (QED) is 0.211. The smallest absolute Gasteiger partial charge is 0.333 e. The molecule has 1 unspecified atom stereocenters. The van der Waals surface area contributed by atoms with Crippen LogP contribution in [0, 0.1) is 11.6 Å². The van der Waals surface area contributed by atoms with E-state index in [9.17, 15) is 31.6 Å². The van der Waals surface area contributed by atoms with E-state index in [1.165, 1.54) is 48.9 Å². The first-order valence-corrected chi connectivity index (χ1v) is 16.2. The average molecular weight is 675 g/mol. The van der Waals surface area contributed by atoms with Gasteiger partial charge >= 0.3 is 5.97 Å². The van der Waals surface area contributed by atoms with Gasteiger partial charge in [0, 0.05) is 39.3 Å². The molecule has 0 fully saturated rings. The van der Waals surface area contributed by atoms with Gasteiger partial charge < -0.3 is 14.6 Å². The second-order valence-corrected chi connectivity index (χ2v) is 13.2. The van der Waals surface area contributed by atoms with Crippen LogP contribution in [0.1, 0.15) is 26.8 Å². The molecule has 1 N–H and O–H groups in total. The number of carbonyl (C=O) groups is 2. The monoisotopic (exact) mass is 674 g/mol. The van der Waals surface area contributed by atoms with Gasteiger partial charge in [-0.2, -0.15) is 0 Å². The molecule has 0 aliphatic carbocycles. The average Bonchev–Trinajstić information content (AvgIpc) is 3.72. The number of amides is 1. The number of ether oxygens (including phenoxy) is 1. The van der Waals surface area contributed by atoms with E-state index in [0.717, 1.165) is 39.1 Å². The van der Waals surface area contributed by atoms with Gasteiger partial charge in [-0.3, -0.25) is 9.59 Å². The first-order chi connectivity index (χ1) is 22.6. The highest BCUT2D eigenvalue weighted by atomic mass is 32.2. The number of nitrogens with one attached hydrogen (secondary N) is 1. The predicted molar refractivity (Wildman–Crippen MR) is 170 cm³/mol. The number of carbonyl (C=O) groups excluding carboxylic acids is 2. The zero-order valence-corrected chi connectivity index (χ0v) is 26.1. The lowest BCUT2D eigenvalue weighted by atomic mass is 10.1. The molecule has 0 spiro atoms. The third-order valence-electron chi connectivity index (χ3n) is 7.32. The summed E-state index contributed by atoms with van der Waals surface area (Å²) in [4.78, 5) is 44.8. The number of pyridine rings is 2. The maximum atomic E-state index is 13.7. The number of aromatic nitrogens is 3. The van der Waals surface area contributed by atoms with Crippen molar-refractivity contribution in [3.63, 3.8) is 0 Å². The molecular formula is C33H24F2N4O6S2. The van der Waals surface area contributed by atoms with Gasteiger partial charge in [-0.05, 0) is 66.2 Å². The maximum Gasteiger partial charge on any atom is 0.333 e. The highest BCUT2D eigenvalue weighted by molar-refractivity contribution is 7.90. The van der Waals surface area contributed by atoms with E-state index >= 15 is 0 Å². The first-order valence-electron chi connectivity index (χ1n) is 14.0. The van der Waals surface area contributed by atoms with E-state index in [0.29, 0.717) is 26.3 Å². The Bertz CT molecular complexity index is 2320. The van der Waals surface area contributed by atoms with Crippen molar-refractivity contribution in [2.24, 2.45) is 0 Å². The molecule has 4 aromatic heterocycles. The molecule has 0 saturated heterocycles. The lowest BCUT2D eigenvalue weighted by Crippen LogP contribution is -2.38. The van der Waals surface area contributed by atoms with Gasteiger partial charge in [0.15, 0.2) is 23.3 Å². The van der Waals surface area contributed by atoms with Crippen molar-refractivity contribution < 1.29 is 31.5 Å². The molecule has 14 heteroatoms. The lowest BCUT2D eigenvalue weighted by molar-refractivity contribution is -0.143. The summed E-state index contributed by atoms with van der Waals surface area (Å²) in [5.74, 6) is -3.77. The van der Waals surface area contributed by atoms with E-state index in [2.05, 4.69) is 10.3 Å². The number of rotatable bonds is 9. The van der Waals surface area contributed by atoms with Crippen molar-refractivity contribution in [3.05, 3.63) is 142 Å². The van der Waals surface area contributed by atoms with Crippen LogP contribution < -0.4 is 10.9 Å². The minimum Gasteiger partial charge on any atom is -0.467 e. The van der Waals surface area contributed by atoms with Gasteiger partial charge in [-0.1, -0.05) is 24.3 Å². The highest BCUT2D eigenvalue weighted by Crippen LogP contribution is 2.38. The zero-order valence-electron chi connectivity index (χ0n) is 24.5. The van der Waals surface area contributed by atoms with Crippen molar-refractivity contribution in [3.8, 4) is 10.4 Å². The largest absolute Gasteiger partial charge is 0.467 e. The minimum atomic E-state index is -4.00. The number of hydrogen-bond donors (Lipinski definition) is 1. The molecule has 238 valence electrons. The molecule has 2 aromatic carbocycles. The zero-order chi connectivity index (χ0) is 33.3. The van der Waals surface area contributed by atoms with Crippen LogP contribution in [-0.4, -0.2) is 40.9 Å². The second kappa shape index (κ2) is 12.7. The highest BCUT2D eigenvalue weighted by Gasteiger charge is 2.29. The molecule has 0 bridgehead atoms. The molecular weight excluding hydrogens is 651 g/mol. The normalized spacial score (nSPS) is 12.1. The topological polar surface area (TPSA) is 129 Å². The second-order valence-electron chi connectivity index (χ2n) is 10.3. The van der Waals surface area contributed by atoms with Crippen LogP contribution in [0.3, 0.4) is 0 Å². The Hall–Kier alpha value is -5.47. The summed E-state index contributed by atoms with van der Waals surface area (Å²) >= 11 is 1.12. The Kier molecular flexibility index (Phi) is 8.54. The molecule has 1 amide bonds. The molecule has 6 aromatic rings. The molecule has 0 aliphatic heterocycles. The Morgan fingerprint density at radius 3 is 2.51 bits per heavy atom. The van der Waals surface area contributed by atoms with E-state index in [-0.39, 0.29) is 22.7 Å². The Morgan fingerprint density at radius 1 is 0.979 bits per heavy atom. The summed E-state index contributed by atoms with van der Waals surface area (Å²) in [6, 6.07) is 19.3. The predicted octanol–water partition coefficient (Wildman–Crippen LogP) is 5.13. The fraction of sp³-hybridized carbons (Fsp3) is 0.0909. The Morgan fingerprint density at radius 2 is 1.77 bits per heavy atom. The molecule has 0 radical (unpaired) electrons. The molecule has 0 saturated carbocycles. The van der Waals surface area contributed by atoms with Crippen molar-refractivity contribution in [1.82, 2.24) is 18.8 Å². The number of halogens is 2. The first kappa shape index (κ1) is 31.5. The lowest BCUT2D eigenvalue weighted by Gasteiger charge is -2.15. The van der Waals surface area contributed by atoms with Gasteiger partial charge in [-0.25, -0.2) is 30.9 Å². The molecule has 1 atom stereocenters. The fourth-order valence-electron chi connectivity index (χ4n) is 5.01. The van der Waals surface area contributed by atoms with Crippen LogP contribution in [0.15, 0.2) is 113 Å². The van der Waals surface area contributed by atoms with Gasteiger partial charge in [0.2, 0.25) is 0 Å². The summed E-state index contributed by atoms with van der Waals surface area (Å²) < 4.78 is 61.3. The van der Waals surface area contributed by atoms with Crippen molar-refractivity contribution >= 4 is 44.3 Å². The van der Waals surface area contributed by atoms with E-state index in [1.807, 2.05) is 0 Å². The van der Waals surface area contributed by atoms with E-state index < -0.39 is 45.1 Å². The van der Waals surface area contributed by atoms with Crippen LogP contribution in [0.2, 0.25) is 0 Å². The molecule has 47 heavy (non-hydrogen) atoms. The standard InChI is InChI=1S/C33H24F2N4O6S2/c1-45-33(42)29(37-31(40)23-10-6-16-38(32(23)41)18-20-11-12-25(34)26(35)17-20)28-14-13-27(46-28)24-19-39(30-22(24)9-5-15-36-30)47(43,44)21-7-3-2-4-8-21/h2-17,19,29H,18H2,1H3,(H,37,40). The summed E-state index contributed by atoms with van der Waals surface area (Å²) in [5.41, 5.74) is 0.0336. The molecule has 0 aliphatic rings. The summed E-state index contributed by atoms with van der Waals surface area (Å²) in [6.45, 7) is -0.131. The fourth-order valence-corrected chi connectivity index (χ4v) is 7.43. The Labute approximate surface area is 270 Å². The van der Waals surface area contributed by atoms with Crippen molar-refractivity contribution in [2.45, 2.75) is 17.5 Å². The van der Waals surface area contributed by atoms with Crippen LogP contribution in [0.5, 0.6) is 0 Å². The maximum absolute atomic E-state index is 13.7. The number of thiophene rings is 1. The van der Waals surface area contributed by atoms with Crippen LogP contribution >= 0.6 is 11.3 Å². The van der Waals surface area contributed by atoms with Crippen molar-refractivity contribution in [1.29, 1.82) is 0 Å². The number of fused-ring (bicyclic) bond motifs is 1. The number of methoxy groups -OCH3 is 1. The Balaban J connectivity index is 1.32. The minimum absolute atomic E-state index is 0.0826. The van der Waals surface area contributed by atoms with Crippen molar-refractivity contribution in [2.75, 3.05) is 7.11 Å².